The zero-order chi connectivity index (χ0) is 15.3. The van der Waals surface area contributed by atoms with Gasteiger partial charge in [0.2, 0.25) is 5.91 Å². The molecule has 0 unspecified atom stereocenters. The number of nitrogens with one attached hydrogen (secondary N) is 1. The van der Waals surface area contributed by atoms with E-state index in [2.05, 4.69) is 5.32 Å². The second-order valence-corrected chi connectivity index (χ2v) is 4.42. The summed E-state index contributed by atoms with van der Waals surface area (Å²) in [5.41, 5.74) is 7.29. The van der Waals surface area contributed by atoms with Crippen LogP contribution in [0.25, 0.3) is 0 Å². The molecule has 6 nitrogen and oxygen atoms in total. The van der Waals surface area contributed by atoms with Crippen LogP contribution in [0.1, 0.15) is 12.0 Å². The molecule has 1 aromatic carbocycles. The number of rotatable bonds is 11. The van der Waals surface area contributed by atoms with E-state index < -0.39 is 0 Å². The Labute approximate surface area is 125 Å². The average molecular weight is 296 g/mol. The third kappa shape index (κ3) is 8.41. The molecule has 0 atom stereocenters. The van der Waals surface area contributed by atoms with Crippen molar-refractivity contribution in [2.24, 2.45) is 5.73 Å². The molecule has 0 radical (unpaired) electrons. The third-order valence-corrected chi connectivity index (χ3v) is 2.72. The Hall–Kier alpha value is -1.47. The first-order valence-corrected chi connectivity index (χ1v) is 6.99. The summed E-state index contributed by atoms with van der Waals surface area (Å²) in [6.45, 7) is 2.93. The Morgan fingerprint density at radius 1 is 1.14 bits per heavy atom. The van der Waals surface area contributed by atoms with Gasteiger partial charge in [-0.15, -0.1) is 0 Å². The summed E-state index contributed by atoms with van der Waals surface area (Å²) in [5, 5.41) is 2.81. The van der Waals surface area contributed by atoms with Crippen molar-refractivity contribution in [3.05, 3.63) is 29.8 Å². The number of ether oxygens (including phenoxy) is 3. The molecule has 1 rings (SSSR count). The summed E-state index contributed by atoms with van der Waals surface area (Å²) in [6.07, 6.45) is 0.310. The maximum atomic E-state index is 11.7. The number of benzene rings is 1. The minimum atomic E-state index is -0.0792. The van der Waals surface area contributed by atoms with Crippen LogP contribution in [-0.2, 0) is 25.5 Å². The molecule has 0 saturated carbocycles. The van der Waals surface area contributed by atoms with Gasteiger partial charge in [0.1, 0.15) is 0 Å². The second kappa shape index (κ2) is 11.2. The number of hydrogen-bond donors (Lipinski definition) is 2. The van der Waals surface area contributed by atoms with Crippen LogP contribution in [0.2, 0.25) is 0 Å². The highest BCUT2D eigenvalue weighted by atomic mass is 16.5. The largest absolute Gasteiger partial charge is 0.382 e. The standard InChI is InChI=1S/C15H24N2O4/c1-19-7-8-21-10-9-20-6-5-15(18)17-14-4-2-3-13(11-14)12-16/h2-4,11H,5-10,12,16H2,1H3,(H,17,18). The van der Waals surface area contributed by atoms with Gasteiger partial charge in [0.15, 0.2) is 0 Å². The highest BCUT2D eigenvalue weighted by Crippen LogP contribution is 2.10. The molecule has 0 saturated heterocycles. The van der Waals surface area contributed by atoms with Crippen LogP contribution in [0.5, 0.6) is 0 Å². The predicted molar refractivity (Wildman–Crippen MR) is 81.1 cm³/mol. The van der Waals surface area contributed by atoms with Gasteiger partial charge in [-0.2, -0.15) is 0 Å². The number of methoxy groups -OCH3 is 1. The lowest BCUT2D eigenvalue weighted by atomic mass is 10.2. The van der Waals surface area contributed by atoms with Gasteiger partial charge in [-0.05, 0) is 17.7 Å². The number of carbonyl (C=O) groups is 1. The van der Waals surface area contributed by atoms with Crippen LogP contribution in [0.4, 0.5) is 5.69 Å². The van der Waals surface area contributed by atoms with E-state index >= 15 is 0 Å². The molecule has 3 N–H and O–H groups in total. The van der Waals surface area contributed by atoms with Gasteiger partial charge in [0.05, 0.1) is 39.5 Å². The first kappa shape index (κ1) is 17.6. The van der Waals surface area contributed by atoms with Crippen LogP contribution in [0.15, 0.2) is 24.3 Å². The first-order chi connectivity index (χ1) is 10.3. The summed E-state index contributed by atoms with van der Waals surface area (Å²) >= 11 is 0. The number of amides is 1. The molecule has 0 aliphatic heterocycles. The summed E-state index contributed by atoms with van der Waals surface area (Å²) in [6, 6.07) is 7.48. The zero-order valence-electron chi connectivity index (χ0n) is 12.5. The van der Waals surface area contributed by atoms with Gasteiger partial charge in [0, 0.05) is 19.3 Å². The molecule has 0 heterocycles. The number of anilines is 1. The molecular weight excluding hydrogens is 272 g/mol. The van der Waals surface area contributed by atoms with Gasteiger partial charge in [0.25, 0.3) is 0 Å². The van der Waals surface area contributed by atoms with E-state index in [-0.39, 0.29) is 5.91 Å². The average Bonchev–Trinajstić information content (AvgIpc) is 2.50. The molecule has 21 heavy (non-hydrogen) atoms. The Kier molecular flexibility index (Phi) is 9.39. The fourth-order valence-electron chi connectivity index (χ4n) is 1.63. The van der Waals surface area contributed by atoms with E-state index in [0.29, 0.717) is 46.0 Å². The lowest BCUT2D eigenvalue weighted by Crippen LogP contribution is -2.16. The van der Waals surface area contributed by atoms with E-state index in [4.69, 9.17) is 19.9 Å². The van der Waals surface area contributed by atoms with E-state index in [1.807, 2.05) is 24.3 Å². The van der Waals surface area contributed by atoms with Crippen LogP contribution >= 0.6 is 0 Å². The summed E-state index contributed by atoms with van der Waals surface area (Å²) < 4.78 is 15.4. The molecule has 0 spiro atoms. The van der Waals surface area contributed by atoms with Crippen molar-refractivity contribution >= 4 is 11.6 Å². The van der Waals surface area contributed by atoms with E-state index in [1.165, 1.54) is 0 Å². The van der Waals surface area contributed by atoms with Crippen LogP contribution in [0, 0.1) is 0 Å². The Morgan fingerprint density at radius 3 is 2.57 bits per heavy atom. The van der Waals surface area contributed by atoms with Crippen LogP contribution in [-0.4, -0.2) is 46.1 Å². The highest BCUT2D eigenvalue weighted by molar-refractivity contribution is 5.90. The minimum absolute atomic E-state index is 0.0792. The van der Waals surface area contributed by atoms with Crippen molar-refractivity contribution in [3.63, 3.8) is 0 Å². The lowest BCUT2D eigenvalue weighted by Gasteiger charge is -2.07. The number of hydrogen-bond acceptors (Lipinski definition) is 5. The van der Waals surface area contributed by atoms with Gasteiger partial charge >= 0.3 is 0 Å². The molecule has 1 amide bonds. The fraction of sp³-hybridized carbons (Fsp3) is 0.533. The van der Waals surface area contributed by atoms with Gasteiger partial charge in [-0.25, -0.2) is 0 Å². The normalized spacial score (nSPS) is 10.6. The summed E-state index contributed by atoms with van der Waals surface area (Å²) in [5.74, 6) is -0.0792. The highest BCUT2D eigenvalue weighted by Gasteiger charge is 2.03. The molecule has 0 bridgehead atoms. The van der Waals surface area contributed by atoms with Crippen molar-refractivity contribution in [2.45, 2.75) is 13.0 Å². The topological polar surface area (TPSA) is 82.8 Å². The molecule has 0 aliphatic rings. The summed E-state index contributed by atoms with van der Waals surface area (Å²) in [4.78, 5) is 11.7. The molecule has 1 aromatic rings. The molecule has 0 aromatic heterocycles. The number of nitrogens with two attached hydrogens (primary N) is 1. The van der Waals surface area contributed by atoms with Gasteiger partial charge in [-0.1, -0.05) is 12.1 Å². The monoisotopic (exact) mass is 296 g/mol. The molecular formula is C15H24N2O4. The van der Waals surface area contributed by atoms with E-state index in [9.17, 15) is 4.79 Å². The van der Waals surface area contributed by atoms with Crippen molar-refractivity contribution < 1.29 is 19.0 Å². The van der Waals surface area contributed by atoms with Crippen molar-refractivity contribution in [1.82, 2.24) is 0 Å². The van der Waals surface area contributed by atoms with Crippen LogP contribution in [0.3, 0.4) is 0 Å². The van der Waals surface area contributed by atoms with Crippen molar-refractivity contribution in [3.8, 4) is 0 Å². The molecule has 0 aliphatic carbocycles. The van der Waals surface area contributed by atoms with Gasteiger partial charge in [-0.3, -0.25) is 4.79 Å². The Balaban J connectivity index is 2.08. The first-order valence-electron chi connectivity index (χ1n) is 6.99. The second-order valence-electron chi connectivity index (χ2n) is 4.42. The molecule has 6 heteroatoms. The smallest absolute Gasteiger partial charge is 0.226 e. The summed E-state index contributed by atoms with van der Waals surface area (Å²) in [7, 11) is 1.63. The van der Waals surface area contributed by atoms with Crippen molar-refractivity contribution in [1.29, 1.82) is 0 Å². The lowest BCUT2D eigenvalue weighted by molar-refractivity contribution is -0.117. The fourth-order valence-corrected chi connectivity index (χ4v) is 1.63. The van der Waals surface area contributed by atoms with Crippen LogP contribution < -0.4 is 11.1 Å². The number of carbonyl (C=O) groups excluding carboxylic acids is 1. The van der Waals surface area contributed by atoms with Crippen molar-refractivity contribution in [2.75, 3.05) is 45.5 Å². The predicted octanol–water partition coefficient (Wildman–Crippen LogP) is 1.15. The minimum Gasteiger partial charge on any atom is -0.382 e. The molecule has 118 valence electrons. The maximum absolute atomic E-state index is 11.7. The Bertz CT molecular complexity index is 412. The zero-order valence-corrected chi connectivity index (χ0v) is 12.5. The third-order valence-electron chi connectivity index (χ3n) is 2.72. The van der Waals surface area contributed by atoms with E-state index in [1.54, 1.807) is 7.11 Å². The quantitative estimate of drug-likeness (QED) is 0.599. The Morgan fingerprint density at radius 2 is 1.86 bits per heavy atom. The SMILES string of the molecule is COCCOCCOCCC(=O)Nc1cccc(CN)c1. The van der Waals surface area contributed by atoms with Gasteiger partial charge < -0.3 is 25.3 Å². The maximum Gasteiger partial charge on any atom is 0.226 e. The van der Waals surface area contributed by atoms with E-state index in [0.717, 1.165) is 11.3 Å². The molecule has 0 fully saturated rings.